The van der Waals surface area contributed by atoms with Crippen molar-refractivity contribution in [1.82, 2.24) is 4.90 Å². The third-order valence-corrected chi connectivity index (χ3v) is 5.34. The Balaban J connectivity index is 2.13. The molecule has 1 atom stereocenters. The Bertz CT molecular complexity index is 686. The Morgan fingerprint density at radius 3 is 2.75 bits per heavy atom. The highest BCUT2D eigenvalue weighted by Gasteiger charge is 2.39. The maximum absolute atomic E-state index is 12.5. The summed E-state index contributed by atoms with van der Waals surface area (Å²) in [7, 11) is 0. The number of carbonyl (C=O) groups excluding carboxylic acids is 1. The molecule has 0 saturated carbocycles. The largest absolute Gasteiger partial charge is 0.480 e. The van der Waals surface area contributed by atoms with Gasteiger partial charge in [-0.1, -0.05) is 66.5 Å². The van der Waals surface area contributed by atoms with Gasteiger partial charge in [-0.05, 0) is 30.1 Å². The molecule has 1 aromatic carbocycles. The van der Waals surface area contributed by atoms with Crippen LogP contribution in [0.1, 0.15) is 12.0 Å². The van der Waals surface area contributed by atoms with E-state index in [0.29, 0.717) is 21.4 Å². The first-order chi connectivity index (χ1) is 11.5. The number of aliphatic carboxylic acids is 1. The lowest BCUT2D eigenvalue weighted by atomic mass is 10.2. The third-order valence-electron chi connectivity index (χ3n) is 3.35. The van der Waals surface area contributed by atoms with E-state index >= 15 is 0 Å². The number of allylic oxidation sites excluding steroid dienone is 2. The predicted octanol–water partition coefficient (Wildman–Crippen LogP) is 3.65. The Morgan fingerprint density at radius 2 is 2.12 bits per heavy atom. The van der Waals surface area contributed by atoms with E-state index in [1.54, 1.807) is 23.9 Å². The van der Waals surface area contributed by atoms with Crippen molar-refractivity contribution in [2.24, 2.45) is 0 Å². The summed E-state index contributed by atoms with van der Waals surface area (Å²) in [4.78, 5) is 25.7. The van der Waals surface area contributed by atoms with Gasteiger partial charge in [-0.15, -0.1) is 0 Å². The van der Waals surface area contributed by atoms with Crippen LogP contribution in [0.3, 0.4) is 0 Å². The molecule has 1 aliphatic heterocycles. The fourth-order valence-corrected chi connectivity index (χ4v) is 3.93. The van der Waals surface area contributed by atoms with Crippen molar-refractivity contribution in [1.29, 1.82) is 0 Å². The number of benzene rings is 1. The highest BCUT2D eigenvalue weighted by Crippen LogP contribution is 2.33. The maximum Gasteiger partial charge on any atom is 0.326 e. The molecule has 0 radical (unpaired) electrons. The highest BCUT2D eigenvalue weighted by atomic mass is 32.2. The topological polar surface area (TPSA) is 57.6 Å². The lowest BCUT2D eigenvalue weighted by molar-refractivity contribution is -0.145. The van der Waals surface area contributed by atoms with E-state index < -0.39 is 12.0 Å². The quantitative estimate of drug-likeness (QED) is 0.576. The number of thioether (sulfide) groups is 2. The van der Waals surface area contributed by atoms with Crippen LogP contribution in [-0.4, -0.2) is 44.3 Å². The summed E-state index contributed by atoms with van der Waals surface area (Å²) in [6.45, 7) is 0. The van der Waals surface area contributed by atoms with Gasteiger partial charge in [-0.25, -0.2) is 4.79 Å². The van der Waals surface area contributed by atoms with Gasteiger partial charge in [0.25, 0.3) is 5.91 Å². The first-order valence-electron chi connectivity index (χ1n) is 7.25. The van der Waals surface area contributed by atoms with Gasteiger partial charge in [0.2, 0.25) is 0 Å². The number of carboxylic acid groups (broad SMARTS) is 1. The van der Waals surface area contributed by atoms with Crippen LogP contribution in [0, 0.1) is 0 Å². The summed E-state index contributed by atoms with van der Waals surface area (Å²) in [6, 6.07) is 8.80. The first-order valence-corrected chi connectivity index (χ1v) is 9.87. The number of hydrogen-bond acceptors (Lipinski definition) is 5. The molecular formula is C17H17NO3S3. The van der Waals surface area contributed by atoms with Gasteiger partial charge >= 0.3 is 5.97 Å². The number of rotatable bonds is 7. The minimum atomic E-state index is -1.03. The summed E-state index contributed by atoms with van der Waals surface area (Å²) in [5, 5.41) is 9.40. The van der Waals surface area contributed by atoms with Crippen LogP contribution >= 0.6 is 35.7 Å². The van der Waals surface area contributed by atoms with Gasteiger partial charge in [-0.3, -0.25) is 9.69 Å². The van der Waals surface area contributed by atoms with E-state index in [1.807, 2.05) is 42.7 Å². The number of thiocarbonyl (C=S) groups is 1. The number of hydrogen-bond donors (Lipinski definition) is 1. The van der Waals surface area contributed by atoms with Crippen molar-refractivity contribution in [3.05, 3.63) is 53.0 Å². The molecule has 7 heteroatoms. The van der Waals surface area contributed by atoms with Crippen molar-refractivity contribution in [2.45, 2.75) is 12.5 Å². The molecule has 126 valence electrons. The predicted molar refractivity (Wildman–Crippen MR) is 105 cm³/mol. The zero-order chi connectivity index (χ0) is 17.5. The molecule has 0 aromatic heterocycles. The molecule has 1 aromatic rings. The molecule has 0 unspecified atom stereocenters. The normalized spacial score (nSPS) is 17.9. The zero-order valence-electron chi connectivity index (χ0n) is 13.0. The molecule has 1 amide bonds. The van der Waals surface area contributed by atoms with Gasteiger partial charge in [0, 0.05) is 0 Å². The van der Waals surface area contributed by atoms with Crippen LogP contribution in [0.2, 0.25) is 0 Å². The molecule has 1 heterocycles. The number of nitrogens with zero attached hydrogens (tertiary/aromatic N) is 1. The molecule has 1 N–H and O–H groups in total. The standard InChI is InChI=1S/C17H17NO3S3/c1-23-11-10-13(16(20)21)18-15(19)14(24-17(18)22)9-5-8-12-6-3-2-4-7-12/h2-9,13H,10-11H2,1H3,(H,20,21)/b8-5+,14-9+/t13-/m1/s1. The maximum atomic E-state index is 12.5. The summed E-state index contributed by atoms with van der Waals surface area (Å²) >= 11 is 7.90. The second-order valence-electron chi connectivity index (χ2n) is 4.98. The Morgan fingerprint density at radius 1 is 1.42 bits per heavy atom. The second-order valence-corrected chi connectivity index (χ2v) is 7.64. The molecule has 4 nitrogen and oxygen atoms in total. The van der Waals surface area contributed by atoms with Crippen molar-refractivity contribution in [2.75, 3.05) is 12.0 Å². The number of carbonyl (C=O) groups is 2. The SMILES string of the molecule is CSCC[C@H](C(=O)O)N1C(=O)/C(=C\C=C\c2ccccc2)SC1=S. The van der Waals surface area contributed by atoms with Crippen LogP contribution in [-0.2, 0) is 9.59 Å². The molecule has 0 spiro atoms. The molecule has 24 heavy (non-hydrogen) atoms. The molecule has 1 saturated heterocycles. The number of carboxylic acids is 1. The van der Waals surface area contributed by atoms with E-state index in [1.165, 1.54) is 4.90 Å². The van der Waals surface area contributed by atoms with E-state index in [0.717, 1.165) is 17.3 Å². The van der Waals surface area contributed by atoms with Gasteiger partial charge in [-0.2, -0.15) is 11.8 Å². The molecule has 1 aliphatic rings. The minimum Gasteiger partial charge on any atom is -0.480 e. The average Bonchev–Trinajstić information content (AvgIpc) is 2.84. The molecule has 0 aliphatic carbocycles. The molecular weight excluding hydrogens is 362 g/mol. The van der Waals surface area contributed by atoms with Gasteiger partial charge in [0.15, 0.2) is 0 Å². The van der Waals surface area contributed by atoms with E-state index in [2.05, 4.69) is 0 Å². The summed E-state index contributed by atoms with van der Waals surface area (Å²) in [5.74, 6) is -0.710. The van der Waals surface area contributed by atoms with Gasteiger partial charge < -0.3 is 5.11 Å². The van der Waals surface area contributed by atoms with Crippen LogP contribution in [0.25, 0.3) is 6.08 Å². The first kappa shape index (κ1) is 18.8. The lowest BCUT2D eigenvalue weighted by Crippen LogP contribution is -2.44. The van der Waals surface area contributed by atoms with Crippen molar-refractivity contribution in [3.63, 3.8) is 0 Å². The third kappa shape index (κ3) is 4.72. The smallest absolute Gasteiger partial charge is 0.326 e. The minimum absolute atomic E-state index is 0.299. The van der Waals surface area contributed by atoms with E-state index in [-0.39, 0.29) is 5.91 Å². The van der Waals surface area contributed by atoms with Gasteiger partial charge in [0.05, 0.1) is 4.91 Å². The van der Waals surface area contributed by atoms with Crippen molar-refractivity contribution >= 4 is 58.0 Å². The van der Waals surface area contributed by atoms with E-state index in [9.17, 15) is 14.7 Å². The highest BCUT2D eigenvalue weighted by molar-refractivity contribution is 8.26. The van der Waals surface area contributed by atoms with Crippen LogP contribution in [0.5, 0.6) is 0 Å². The van der Waals surface area contributed by atoms with E-state index in [4.69, 9.17) is 12.2 Å². The summed E-state index contributed by atoms with van der Waals surface area (Å²) < 4.78 is 0.299. The zero-order valence-corrected chi connectivity index (χ0v) is 15.5. The fraction of sp³-hybridized carbons (Fsp3) is 0.235. The van der Waals surface area contributed by atoms with Crippen molar-refractivity contribution in [3.8, 4) is 0 Å². The fourth-order valence-electron chi connectivity index (χ4n) is 2.17. The Labute approximate surface area is 155 Å². The van der Waals surface area contributed by atoms with Gasteiger partial charge in [0.1, 0.15) is 10.4 Å². The van der Waals surface area contributed by atoms with Crippen LogP contribution in [0.4, 0.5) is 0 Å². The van der Waals surface area contributed by atoms with Crippen LogP contribution in [0.15, 0.2) is 47.4 Å². The monoisotopic (exact) mass is 379 g/mol. The average molecular weight is 380 g/mol. The molecule has 2 rings (SSSR count). The number of amides is 1. The lowest BCUT2D eigenvalue weighted by Gasteiger charge is -2.22. The van der Waals surface area contributed by atoms with Crippen molar-refractivity contribution < 1.29 is 14.7 Å². The summed E-state index contributed by atoms with van der Waals surface area (Å²) in [5.41, 5.74) is 1.02. The Kier molecular flexibility index (Phi) is 7.08. The van der Waals surface area contributed by atoms with Crippen LogP contribution < -0.4 is 0 Å². The molecule has 0 bridgehead atoms. The second kappa shape index (κ2) is 9.05. The molecule has 1 fully saturated rings. The Hall–Kier alpha value is -1.57. The summed E-state index contributed by atoms with van der Waals surface area (Å²) in [6.07, 6.45) is 7.61.